The van der Waals surface area contributed by atoms with Crippen LogP contribution in [0.3, 0.4) is 0 Å². The molecule has 2 heterocycles. The van der Waals surface area contributed by atoms with Gasteiger partial charge in [-0.05, 0) is 48.2 Å². The molecule has 0 saturated carbocycles. The van der Waals surface area contributed by atoms with Gasteiger partial charge < -0.3 is 14.8 Å². The van der Waals surface area contributed by atoms with Crippen LogP contribution < -0.4 is 5.32 Å². The number of amides is 1. The monoisotopic (exact) mass is 468 g/mol. The first kappa shape index (κ1) is 19.2. The molecule has 0 aliphatic carbocycles. The average Bonchev–Trinajstić information content (AvgIpc) is 3.30. The van der Waals surface area contributed by atoms with Gasteiger partial charge in [0, 0.05) is 16.1 Å². The van der Waals surface area contributed by atoms with Crippen LogP contribution in [0.1, 0.15) is 16.1 Å². The number of rotatable bonds is 4. The van der Waals surface area contributed by atoms with Crippen LogP contribution in [0.2, 0.25) is 0 Å². The summed E-state index contributed by atoms with van der Waals surface area (Å²) in [6.45, 7) is 0. The number of furan rings is 1. The summed E-state index contributed by atoms with van der Waals surface area (Å²) in [5, 5.41) is 12.2. The van der Waals surface area contributed by atoms with Gasteiger partial charge in [0.1, 0.15) is 11.5 Å². The fourth-order valence-corrected chi connectivity index (χ4v) is 3.75. The zero-order chi connectivity index (χ0) is 20.4. The molecule has 8 heteroatoms. The molecule has 0 bridgehead atoms. The molecule has 0 atom stereocenters. The summed E-state index contributed by atoms with van der Waals surface area (Å²) >= 11 is 4.53. The maximum Gasteiger partial charge on any atom is 0.337 e. The molecule has 2 N–H and O–H groups in total. The Balaban J connectivity index is 1.57. The van der Waals surface area contributed by atoms with Crippen molar-refractivity contribution in [3.05, 3.63) is 81.4 Å². The lowest BCUT2D eigenvalue weighted by molar-refractivity contribution is -0.115. The van der Waals surface area contributed by atoms with E-state index in [1.807, 2.05) is 30.3 Å². The molecule has 144 valence electrons. The van der Waals surface area contributed by atoms with E-state index >= 15 is 0 Å². The van der Waals surface area contributed by atoms with E-state index in [4.69, 9.17) is 4.42 Å². The maximum atomic E-state index is 12.3. The van der Waals surface area contributed by atoms with Crippen molar-refractivity contribution in [2.45, 2.75) is 0 Å². The van der Waals surface area contributed by atoms with Gasteiger partial charge in [-0.2, -0.15) is 0 Å². The number of para-hydroxylation sites is 1. The van der Waals surface area contributed by atoms with E-state index in [-0.39, 0.29) is 17.2 Å². The van der Waals surface area contributed by atoms with E-state index in [0.29, 0.717) is 21.6 Å². The van der Waals surface area contributed by atoms with E-state index < -0.39 is 5.97 Å². The van der Waals surface area contributed by atoms with Gasteiger partial charge in [-0.25, -0.2) is 9.79 Å². The Morgan fingerprint density at radius 3 is 2.62 bits per heavy atom. The molecule has 0 spiro atoms. The minimum atomic E-state index is -1.08. The number of carboxylic acids is 1. The number of carboxylic acid groups (broad SMARTS) is 1. The Bertz CT molecular complexity index is 1170. The zero-order valence-corrected chi connectivity index (χ0v) is 17.2. The predicted molar refractivity (Wildman–Crippen MR) is 116 cm³/mol. The van der Waals surface area contributed by atoms with Crippen molar-refractivity contribution in [3.8, 4) is 11.3 Å². The fourth-order valence-electron chi connectivity index (χ4n) is 2.67. The molecular formula is C21H13BrN2O4S. The summed E-state index contributed by atoms with van der Waals surface area (Å²) in [7, 11) is 0. The summed E-state index contributed by atoms with van der Waals surface area (Å²) < 4.78 is 6.80. The zero-order valence-electron chi connectivity index (χ0n) is 14.8. The van der Waals surface area contributed by atoms with E-state index in [9.17, 15) is 14.7 Å². The number of aliphatic imine (C=N–C) groups is 1. The lowest BCUT2D eigenvalue weighted by Gasteiger charge is -2.00. The van der Waals surface area contributed by atoms with Gasteiger partial charge in [-0.15, -0.1) is 0 Å². The van der Waals surface area contributed by atoms with Gasteiger partial charge in [0.15, 0.2) is 5.17 Å². The fraction of sp³-hybridized carbons (Fsp3) is 0. The first-order valence-electron chi connectivity index (χ1n) is 8.47. The van der Waals surface area contributed by atoms with Crippen molar-refractivity contribution >= 4 is 56.5 Å². The third kappa shape index (κ3) is 4.33. The number of hydrogen-bond acceptors (Lipinski definition) is 5. The first-order valence-corrected chi connectivity index (χ1v) is 10.1. The number of nitrogens with one attached hydrogen (secondary N) is 1. The number of carbonyl (C=O) groups excluding carboxylic acids is 1. The van der Waals surface area contributed by atoms with Crippen LogP contribution in [0.4, 0.5) is 5.69 Å². The number of carbonyl (C=O) groups is 2. The Labute approximate surface area is 178 Å². The number of aromatic carboxylic acids is 1. The van der Waals surface area contributed by atoms with Crippen molar-refractivity contribution in [1.29, 1.82) is 0 Å². The molecule has 1 fully saturated rings. The Morgan fingerprint density at radius 2 is 1.86 bits per heavy atom. The predicted octanol–water partition coefficient (Wildman–Crippen LogP) is 5.30. The smallest absolute Gasteiger partial charge is 0.337 e. The number of hydrogen-bond donors (Lipinski definition) is 2. The summed E-state index contributed by atoms with van der Waals surface area (Å²) in [5.74, 6) is -0.168. The van der Waals surface area contributed by atoms with Crippen molar-refractivity contribution in [3.63, 3.8) is 0 Å². The standard InChI is InChI=1S/C21H13BrN2O4S/c22-13-7-5-12(6-8-13)17-10-9-14(28-17)11-18-19(25)24-21(29-18)23-16-4-2-1-3-15(16)20(26)27/h1-11H,(H,26,27)(H,23,24,25)/b18-11+. The molecule has 1 amide bonds. The van der Waals surface area contributed by atoms with Crippen LogP contribution in [0.25, 0.3) is 17.4 Å². The molecule has 0 radical (unpaired) electrons. The van der Waals surface area contributed by atoms with Gasteiger partial charge in [0.05, 0.1) is 16.2 Å². The Hall–Kier alpha value is -3.10. The average molecular weight is 469 g/mol. The van der Waals surface area contributed by atoms with Crippen LogP contribution >= 0.6 is 27.7 Å². The van der Waals surface area contributed by atoms with Crippen molar-refractivity contribution in [1.82, 2.24) is 5.32 Å². The van der Waals surface area contributed by atoms with E-state index in [2.05, 4.69) is 26.2 Å². The summed E-state index contributed by atoms with van der Waals surface area (Å²) in [4.78, 5) is 28.3. The molecule has 3 aromatic rings. The van der Waals surface area contributed by atoms with Crippen LogP contribution in [-0.2, 0) is 4.79 Å². The highest BCUT2D eigenvalue weighted by Crippen LogP contribution is 2.31. The first-order chi connectivity index (χ1) is 14.0. The summed E-state index contributed by atoms with van der Waals surface area (Å²) in [6.07, 6.45) is 1.63. The van der Waals surface area contributed by atoms with Crippen molar-refractivity contribution < 1.29 is 19.1 Å². The van der Waals surface area contributed by atoms with E-state index in [0.717, 1.165) is 21.8 Å². The number of amidine groups is 1. The summed E-state index contributed by atoms with van der Waals surface area (Å²) in [5.41, 5.74) is 1.27. The van der Waals surface area contributed by atoms with Gasteiger partial charge >= 0.3 is 5.97 Å². The van der Waals surface area contributed by atoms with Crippen LogP contribution in [0, 0.1) is 0 Å². The molecule has 29 heavy (non-hydrogen) atoms. The third-order valence-electron chi connectivity index (χ3n) is 4.04. The van der Waals surface area contributed by atoms with Crippen molar-refractivity contribution in [2.75, 3.05) is 0 Å². The second kappa shape index (κ2) is 8.10. The summed E-state index contributed by atoms with van der Waals surface area (Å²) in [6, 6.07) is 17.7. The minimum absolute atomic E-state index is 0.0671. The van der Waals surface area contributed by atoms with E-state index in [1.165, 1.54) is 6.07 Å². The molecule has 6 nitrogen and oxygen atoms in total. The normalized spacial score (nSPS) is 16.4. The van der Waals surface area contributed by atoms with E-state index in [1.54, 1.807) is 30.3 Å². The quantitative estimate of drug-likeness (QED) is 0.506. The molecule has 4 rings (SSSR count). The second-order valence-electron chi connectivity index (χ2n) is 6.01. The molecular weight excluding hydrogens is 456 g/mol. The highest BCUT2D eigenvalue weighted by molar-refractivity contribution is 9.10. The Morgan fingerprint density at radius 1 is 1.10 bits per heavy atom. The lowest BCUT2D eigenvalue weighted by atomic mass is 10.2. The van der Waals surface area contributed by atoms with Gasteiger partial charge in [-0.1, -0.05) is 40.2 Å². The molecule has 1 aliphatic rings. The molecule has 1 saturated heterocycles. The van der Waals surface area contributed by atoms with Crippen LogP contribution in [-0.4, -0.2) is 22.2 Å². The van der Waals surface area contributed by atoms with Gasteiger partial charge in [-0.3, -0.25) is 4.79 Å². The van der Waals surface area contributed by atoms with Crippen LogP contribution in [0.15, 0.2) is 79.5 Å². The van der Waals surface area contributed by atoms with Crippen molar-refractivity contribution in [2.24, 2.45) is 4.99 Å². The number of benzene rings is 2. The molecule has 0 unspecified atom stereocenters. The lowest BCUT2D eigenvalue weighted by Crippen LogP contribution is -2.19. The highest BCUT2D eigenvalue weighted by Gasteiger charge is 2.25. The number of thioether (sulfide) groups is 1. The van der Waals surface area contributed by atoms with Gasteiger partial charge in [0.2, 0.25) is 0 Å². The Kier molecular flexibility index (Phi) is 5.37. The minimum Gasteiger partial charge on any atom is -0.478 e. The molecule has 1 aromatic heterocycles. The highest BCUT2D eigenvalue weighted by atomic mass is 79.9. The largest absolute Gasteiger partial charge is 0.478 e. The SMILES string of the molecule is O=C1NC(=Nc2ccccc2C(=O)O)S/C1=C/c1ccc(-c2ccc(Br)cc2)o1. The number of nitrogens with zero attached hydrogens (tertiary/aromatic N) is 1. The topological polar surface area (TPSA) is 91.9 Å². The molecule has 1 aliphatic heterocycles. The third-order valence-corrected chi connectivity index (χ3v) is 5.47. The second-order valence-corrected chi connectivity index (χ2v) is 7.96. The molecule has 2 aromatic carbocycles. The van der Waals surface area contributed by atoms with Gasteiger partial charge in [0.25, 0.3) is 5.91 Å². The van der Waals surface area contributed by atoms with Crippen LogP contribution in [0.5, 0.6) is 0 Å². The maximum absolute atomic E-state index is 12.3. The number of halogens is 1.